The summed E-state index contributed by atoms with van der Waals surface area (Å²) in [5.41, 5.74) is 2.18. The van der Waals surface area contributed by atoms with Crippen molar-refractivity contribution in [3.8, 4) is 0 Å². The number of hydrogen-bond donors (Lipinski definition) is 0. The number of likely N-dealkylation sites (tertiary alicyclic amines) is 1. The van der Waals surface area contributed by atoms with Gasteiger partial charge >= 0.3 is 0 Å². The van der Waals surface area contributed by atoms with Gasteiger partial charge in [-0.25, -0.2) is 4.98 Å². The van der Waals surface area contributed by atoms with E-state index in [0.29, 0.717) is 0 Å². The molecule has 6 heteroatoms. The lowest BCUT2D eigenvalue weighted by molar-refractivity contribution is -0.135. The number of amides is 1. The summed E-state index contributed by atoms with van der Waals surface area (Å²) in [6.45, 7) is 7.62. The highest BCUT2D eigenvalue weighted by atomic mass is 16.2. The summed E-state index contributed by atoms with van der Waals surface area (Å²) in [6.07, 6.45) is 7.36. The normalized spacial score (nSPS) is 19.6. The fraction of sp³-hybridized carbons (Fsp3) is 0.562. The minimum atomic E-state index is -0.205. The van der Waals surface area contributed by atoms with Crippen LogP contribution in [0, 0.1) is 13.8 Å². The molecule has 1 aliphatic rings. The molecule has 1 saturated heterocycles. The maximum atomic E-state index is 12.8. The van der Waals surface area contributed by atoms with Gasteiger partial charge < -0.3 is 9.47 Å². The van der Waals surface area contributed by atoms with Crippen molar-refractivity contribution in [3.05, 3.63) is 36.2 Å². The highest BCUT2D eigenvalue weighted by molar-refractivity contribution is 5.80. The van der Waals surface area contributed by atoms with Crippen LogP contribution in [0.5, 0.6) is 0 Å². The Balaban J connectivity index is 1.72. The first-order valence-corrected chi connectivity index (χ1v) is 7.85. The quantitative estimate of drug-likeness (QED) is 0.867. The van der Waals surface area contributed by atoms with E-state index in [4.69, 9.17) is 0 Å². The average molecular weight is 301 g/mol. The first kappa shape index (κ1) is 14.8. The molecular formula is C16H23N5O. The van der Waals surface area contributed by atoms with Crippen molar-refractivity contribution >= 4 is 5.91 Å². The van der Waals surface area contributed by atoms with Crippen LogP contribution in [0.15, 0.2) is 24.8 Å². The van der Waals surface area contributed by atoms with Crippen LogP contribution in [0.3, 0.4) is 0 Å². The van der Waals surface area contributed by atoms with Gasteiger partial charge in [-0.15, -0.1) is 0 Å². The Hall–Kier alpha value is -2.11. The number of rotatable bonds is 4. The van der Waals surface area contributed by atoms with Gasteiger partial charge in [-0.05, 0) is 39.7 Å². The third kappa shape index (κ3) is 2.77. The highest BCUT2D eigenvalue weighted by Crippen LogP contribution is 2.23. The van der Waals surface area contributed by atoms with Crippen molar-refractivity contribution in [1.82, 2.24) is 24.2 Å². The van der Waals surface area contributed by atoms with Crippen molar-refractivity contribution in [3.63, 3.8) is 0 Å². The molecule has 3 heterocycles. The van der Waals surface area contributed by atoms with Crippen LogP contribution >= 0.6 is 0 Å². The summed E-state index contributed by atoms with van der Waals surface area (Å²) in [7, 11) is 0. The summed E-state index contributed by atoms with van der Waals surface area (Å²) < 4.78 is 3.88. The number of imidazole rings is 1. The number of carbonyl (C=O) groups excluding carboxylic acids is 1. The lowest BCUT2D eigenvalue weighted by atomic mass is 10.2. The second kappa shape index (κ2) is 5.94. The van der Waals surface area contributed by atoms with Crippen LogP contribution in [-0.2, 0) is 11.3 Å². The summed E-state index contributed by atoms with van der Waals surface area (Å²) in [6, 6.07) is 2.11. The molecule has 1 fully saturated rings. The molecule has 0 bridgehead atoms. The van der Waals surface area contributed by atoms with Crippen LogP contribution in [0.2, 0.25) is 0 Å². The predicted molar refractivity (Wildman–Crippen MR) is 83.4 cm³/mol. The number of carbonyl (C=O) groups is 1. The molecule has 0 aromatic carbocycles. The number of hydrogen-bond acceptors (Lipinski definition) is 3. The van der Waals surface area contributed by atoms with E-state index in [9.17, 15) is 4.79 Å². The van der Waals surface area contributed by atoms with E-state index in [0.717, 1.165) is 37.3 Å². The van der Waals surface area contributed by atoms with Gasteiger partial charge in [0.15, 0.2) is 0 Å². The lowest BCUT2D eigenvalue weighted by Gasteiger charge is -2.28. The molecule has 2 atom stereocenters. The second-order valence-corrected chi connectivity index (χ2v) is 6.12. The summed E-state index contributed by atoms with van der Waals surface area (Å²) in [5, 5.41) is 4.53. The predicted octanol–water partition coefficient (Wildman–Crippen LogP) is 1.95. The fourth-order valence-corrected chi connectivity index (χ4v) is 3.24. The Morgan fingerprint density at radius 2 is 2.27 bits per heavy atom. The van der Waals surface area contributed by atoms with Gasteiger partial charge in [-0.3, -0.25) is 9.48 Å². The van der Waals surface area contributed by atoms with E-state index >= 15 is 0 Å². The van der Waals surface area contributed by atoms with E-state index in [1.54, 1.807) is 12.5 Å². The largest absolute Gasteiger partial charge is 0.336 e. The van der Waals surface area contributed by atoms with Gasteiger partial charge in [0.05, 0.1) is 24.6 Å². The Bertz CT molecular complexity index is 646. The molecule has 0 spiro atoms. The van der Waals surface area contributed by atoms with Gasteiger partial charge in [-0.1, -0.05) is 0 Å². The molecule has 118 valence electrons. The monoisotopic (exact) mass is 301 g/mol. The summed E-state index contributed by atoms with van der Waals surface area (Å²) in [5.74, 6) is 0.169. The zero-order valence-electron chi connectivity index (χ0n) is 13.4. The van der Waals surface area contributed by atoms with Crippen LogP contribution in [0.1, 0.15) is 37.2 Å². The van der Waals surface area contributed by atoms with Crippen molar-refractivity contribution in [2.45, 2.75) is 52.2 Å². The Labute approximate surface area is 130 Å². The summed E-state index contributed by atoms with van der Waals surface area (Å²) in [4.78, 5) is 18.8. The topological polar surface area (TPSA) is 56.0 Å². The van der Waals surface area contributed by atoms with Gasteiger partial charge in [-0.2, -0.15) is 5.10 Å². The molecule has 0 unspecified atom stereocenters. The van der Waals surface area contributed by atoms with E-state index in [-0.39, 0.29) is 18.0 Å². The zero-order chi connectivity index (χ0) is 15.7. The highest BCUT2D eigenvalue weighted by Gasteiger charge is 2.32. The smallest absolute Gasteiger partial charge is 0.245 e. The Kier molecular flexibility index (Phi) is 4.00. The van der Waals surface area contributed by atoms with E-state index < -0.39 is 0 Å². The van der Waals surface area contributed by atoms with Gasteiger partial charge in [0.1, 0.15) is 6.04 Å². The molecule has 0 radical (unpaired) electrons. The minimum absolute atomic E-state index is 0.169. The molecule has 0 N–H and O–H groups in total. The molecule has 1 amide bonds. The molecule has 1 aliphatic heterocycles. The SMILES string of the molecule is Cc1cc(C)n(C[C@H]2CCCN2C(=O)[C@@H](C)n2ccnc2)n1. The van der Waals surface area contributed by atoms with Crippen LogP contribution < -0.4 is 0 Å². The molecule has 0 aliphatic carbocycles. The van der Waals surface area contributed by atoms with Gasteiger partial charge in [0.2, 0.25) is 5.91 Å². The number of aromatic nitrogens is 4. The molecule has 2 aromatic rings. The minimum Gasteiger partial charge on any atom is -0.336 e. The number of aryl methyl sites for hydroxylation is 2. The zero-order valence-corrected chi connectivity index (χ0v) is 13.4. The van der Waals surface area contributed by atoms with Gasteiger partial charge in [0.25, 0.3) is 0 Å². The van der Waals surface area contributed by atoms with Gasteiger partial charge in [0, 0.05) is 24.6 Å². The fourth-order valence-electron chi connectivity index (χ4n) is 3.24. The molecular weight excluding hydrogens is 278 g/mol. The van der Waals surface area contributed by atoms with E-state index in [1.807, 2.05) is 34.2 Å². The van der Waals surface area contributed by atoms with Crippen molar-refractivity contribution < 1.29 is 4.79 Å². The Morgan fingerprint density at radius 3 is 2.91 bits per heavy atom. The molecule has 2 aromatic heterocycles. The van der Waals surface area contributed by atoms with Crippen LogP contribution in [0.4, 0.5) is 0 Å². The first-order valence-electron chi connectivity index (χ1n) is 7.85. The molecule has 3 rings (SSSR count). The first-order chi connectivity index (χ1) is 10.6. The van der Waals surface area contributed by atoms with Crippen molar-refractivity contribution in [1.29, 1.82) is 0 Å². The third-order valence-corrected chi connectivity index (χ3v) is 4.48. The summed E-state index contributed by atoms with van der Waals surface area (Å²) >= 11 is 0. The second-order valence-electron chi connectivity index (χ2n) is 6.12. The number of nitrogens with zero attached hydrogens (tertiary/aromatic N) is 5. The maximum absolute atomic E-state index is 12.8. The van der Waals surface area contributed by atoms with Crippen molar-refractivity contribution in [2.75, 3.05) is 6.54 Å². The van der Waals surface area contributed by atoms with E-state index in [2.05, 4.69) is 23.1 Å². The van der Waals surface area contributed by atoms with E-state index in [1.165, 1.54) is 0 Å². The van der Waals surface area contributed by atoms with Crippen molar-refractivity contribution in [2.24, 2.45) is 0 Å². The molecule has 0 saturated carbocycles. The maximum Gasteiger partial charge on any atom is 0.245 e. The van der Waals surface area contributed by atoms with Crippen LogP contribution in [0.25, 0.3) is 0 Å². The standard InChI is InChI=1S/C16H23N5O/c1-12-9-13(2)21(18-12)10-15-5-4-7-20(15)16(22)14(3)19-8-6-17-11-19/h6,8-9,11,14-15H,4-5,7,10H2,1-3H3/t14-,15-/m1/s1. The molecule has 22 heavy (non-hydrogen) atoms. The molecule has 6 nitrogen and oxygen atoms in total. The third-order valence-electron chi connectivity index (χ3n) is 4.48. The average Bonchev–Trinajstić information content (AvgIpc) is 3.20. The lowest BCUT2D eigenvalue weighted by Crippen LogP contribution is -2.41. The Morgan fingerprint density at radius 1 is 1.45 bits per heavy atom. The van der Waals surface area contributed by atoms with Crippen LogP contribution in [-0.4, -0.2) is 42.7 Å².